The highest BCUT2D eigenvalue weighted by Gasteiger charge is 2.35. The van der Waals surface area contributed by atoms with E-state index in [-0.39, 0.29) is 18.1 Å². The van der Waals surface area contributed by atoms with Crippen LogP contribution in [-0.2, 0) is 6.54 Å². The summed E-state index contributed by atoms with van der Waals surface area (Å²) in [5.74, 6) is -0.00238. The fourth-order valence-corrected chi connectivity index (χ4v) is 5.11. The fraction of sp³-hybridized carbons (Fsp3) is 0.321. The van der Waals surface area contributed by atoms with E-state index in [4.69, 9.17) is 0 Å². The van der Waals surface area contributed by atoms with Gasteiger partial charge in [0, 0.05) is 45.3 Å². The zero-order chi connectivity index (χ0) is 22.6. The van der Waals surface area contributed by atoms with Gasteiger partial charge in [0.1, 0.15) is 6.17 Å². The number of nitrogens with zero attached hydrogens (tertiary/aromatic N) is 3. The lowest BCUT2D eigenvalue weighted by atomic mass is 10.0. The number of benzene rings is 3. The molecule has 5 rings (SSSR count). The molecule has 1 saturated heterocycles. The molecular weight excluding hydrogens is 408 g/mol. The quantitative estimate of drug-likeness (QED) is 0.625. The van der Waals surface area contributed by atoms with Gasteiger partial charge >= 0.3 is 0 Å². The lowest BCUT2D eigenvalue weighted by Gasteiger charge is -2.45. The molecule has 0 aliphatic carbocycles. The summed E-state index contributed by atoms with van der Waals surface area (Å²) in [4.78, 5) is 20.4. The van der Waals surface area contributed by atoms with Crippen LogP contribution in [0.2, 0.25) is 0 Å². The van der Waals surface area contributed by atoms with Crippen LogP contribution in [0.15, 0.2) is 84.9 Å². The summed E-state index contributed by atoms with van der Waals surface area (Å²) in [6.45, 7) is 8.55. The van der Waals surface area contributed by atoms with Crippen LogP contribution in [0.25, 0.3) is 0 Å². The molecule has 3 aromatic rings. The minimum absolute atomic E-state index is 0.00238. The molecule has 1 fully saturated rings. The highest BCUT2D eigenvalue weighted by molar-refractivity contribution is 6.02. The first-order valence-corrected chi connectivity index (χ1v) is 11.9. The summed E-state index contributed by atoms with van der Waals surface area (Å²) in [5, 5.41) is 3.25. The second kappa shape index (κ2) is 9.77. The normalized spacial score (nSPS) is 20.2. The van der Waals surface area contributed by atoms with Crippen LogP contribution in [-0.4, -0.2) is 54.5 Å². The average molecular weight is 441 g/mol. The molecule has 0 saturated carbocycles. The minimum atomic E-state index is -0.164. The molecule has 5 heteroatoms. The number of fused-ring (bicyclic) bond motifs is 1. The molecule has 0 spiro atoms. The number of anilines is 1. The Bertz CT molecular complexity index is 1060. The summed E-state index contributed by atoms with van der Waals surface area (Å²) in [6.07, 6.45) is -0.164. The molecule has 3 aromatic carbocycles. The van der Waals surface area contributed by atoms with Gasteiger partial charge in [-0.1, -0.05) is 72.8 Å². The SMILES string of the molecule is CC(CN1CCN(Cc2ccccc2)CC1)N1c2ccccc2C(=O)NC1c1ccccc1. The van der Waals surface area contributed by atoms with E-state index in [0.717, 1.165) is 56.1 Å². The highest BCUT2D eigenvalue weighted by atomic mass is 16.2. The van der Waals surface area contributed by atoms with Gasteiger partial charge in [-0.2, -0.15) is 0 Å². The third kappa shape index (κ3) is 4.80. The van der Waals surface area contributed by atoms with Crippen molar-refractivity contribution in [3.05, 3.63) is 102 Å². The zero-order valence-electron chi connectivity index (χ0n) is 19.2. The molecule has 1 amide bonds. The summed E-state index contributed by atoms with van der Waals surface area (Å²) >= 11 is 0. The lowest BCUT2D eigenvalue weighted by Crippen LogP contribution is -2.55. The predicted octanol–water partition coefficient (Wildman–Crippen LogP) is 4.14. The summed E-state index contributed by atoms with van der Waals surface area (Å²) in [6, 6.07) is 29.2. The lowest BCUT2D eigenvalue weighted by molar-refractivity contribution is 0.0916. The first-order chi connectivity index (χ1) is 16.2. The molecule has 5 nitrogen and oxygen atoms in total. The Balaban J connectivity index is 1.29. The maximum atomic E-state index is 12.9. The number of para-hydroxylation sites is 1. The number of carbonyl (C=O) groups excluding carboxylic acids is 1. The molecule has 2 atom stereocenters. The molecule has 170 valence electrons. The van der Waals surface area contributed by atoms with Gasteiger partial charge in [0.05, 0.1) is 11.3 Å². The van der Waals surface area contributed by atoms with Crippen LogP contribution in [0.1, 0.15) is 34.6 Å². The van der Waals surface area contributed by atoms with Crippen molar-refractivity contribution in [3.63, 3.8) is 0 Å². The van der Waals surface area contributed by atoms with Gasteiger partial charge in [-0.15, -0.1) is 0 Å². The molecule has 33 heavy (non-hydrogen) atoms. The van der Waals surface area contributed by atoms with Crippen molar-refractivity contribution in [2.75, 3.05) is 37.6 Å². The van der Waals surface area contributed by atoms with Crippen molar-refractivity contribution in [2.24, 2.45) is 0 Å². The van der Waals surface area contributed by atoms with E-state index in [0.29, 0.717) is 0 Å². The largest absolute Gasteiger partial charge is 0.343 e. The van der Waals surface area contributed by atoms with E-state index in [1.807, 2.05) is 36.4 Å². The molecule has 2 aliphatic heterocycles. The average Bonchev–Trinajstić information content (AvgIpc) is 2.86. The van der Waals surface area contributed by atoms with Crippen LogP contribution in [0.5, 0.6) is 0 Å². The smallest absolute Gasteiger partial charge is 0.255 e. The maximum absolute atomic E-state index is 12.9. The van der Waals surface area contributed by atoms with E-state index < -0.39 is 0 Å². The van der Waals surface area contributed by atoms with Crippen molar-refractivity contribution in [2.45, 2.75) is 25.7 Å². The van der Waals surface area contributed by atoms with E-state index in [1.54, 1.807) is 0 Å². The number of amides is 1. The second-order valence-corrected chi connectivity index (χ2v) is 9.12. The van der Waals surface area contributed by atoms with Gasteiger partial charge in [0.2, 0.25) is 0 Å². The Labute approximate surface area is 196 Å². The number of hydrogen-bond acceptors (Lipinski definition) is 4. The monoisotopic (exact) mass is 440 g/mol. The number of rotatable bonds is 6. The maximum Gasteiger partial charge on any atom is 0.255 e. The van der Waals surface area contributed by atoms with Gasteiger partial charge in [-0.05, 0) is 30.2 Å². The standard InChI is InChI=1S/C28H32N4O/c1-22(20-30-16-18-31(19-17-30)21-23-10-4-2-5-11-23)32-26-15-9-8-14-25(26)28(33)29-27(32)24-12-6-3-7-13-24/h2-15,22,27H,16-21H2,1H3,(H,29,33). The van der Waals surface area contributed by atoms with Crippen LogP contribution in [0.4, 0.5) is 5.69 Å². The van der Waals surface area contributed by atoms with Crippen LogP contribution < -0.4 is 10.2 Å². The molecule has 1 N–H and O–H groups in total. The third-order valence-electron chi connectivity index (χ3n) is 6.80. The zero-order valence-corrected chi connectivity index (χ0v) is 19.2. The first-order valence-electron chi connectivity index (χ1n) is 11.9. The van der Waals surface area contributed by atoms with Crippen LogP contribution in [0, 0.1) is 0 Å². The number of hydrogen-bond donors (Lipinski definition) is 1. The van der Waals surface area contributed by atoms with E-state index in [2.05, 4.69) is 75.5 Å². The minimum Gasteiger partial charge on any atom is -0.343 e. The van der Waals surface area contributed by atoms with Crippen molar-refractivity contribution in [1.29, 1.82) is 0 Å². The summed E-state index contributed by atoms with van der Waals surface area (Å²) in [5.41, 5.74) is 4.26. The van der Waals surface area contributed by atoms with Gasteiger partial charge in [0.15, 0.2) is 0 Å². The predicted molar refractivity (Wildman–Crippen MR) is 133 cm³/mol. The fourth-order valence-electron chi connectivity index (χ4n) is 5.11. The Kier molecular flexibility index (Phi) is 6.42. The molecule has 0 bridgehead atoms. The Morgan fingerprint density at radius 1 is 0.818 bits per heavy atom. The molecular formula is C28H32N4O. The van der Waals surface area contributed by atoms with Crippen molar-refractivity contribution in [3.8, 4) is 0 Å². The second-order valence-electron chi connectivity index (χ2n) is 9.12. The number of carbonyl (C=O) groups is 1. The van der Waals surface area contributed by atoms with Crippen LogP contribution in [0.3, 0.4) is 0 Å². The van der Waals surface area contributed by atoms with E-state index in [9.17, 15) is 4.79 Å². The topological polar surface area (TPSA) is 38.8 Å². The van der Waals surface area contributed by atoms with Crippen molar-refractivity contribution < 1.29 is 4.79 Å². The molecule has 2 unspecified atom stereocenters. The Morgan fingerprint density at radius 2 is 1.42 bits per heavy atom. The van der Waals surface area contributed by atoms with Gasteiger partial charge < -0.3 is 10.2 Å². The Morgan fingerprint density at radius 3 is 2.15 bits per heavy atom. The molecule has 2 heterocycles. The Hall–Kier alpha value is -3.15. The highest BCUT2D eigenvalue weighted by Crippen LogP contribution is 2.35. The number of piperazine rings is 1. The van der Waals surface area contributed by atoms with Crippen molar-refractivity contribution >= 4 is 11.6 Å². The first kappa shape index (κ1) is 21.7. The third-order valence-corrected chi connectivity index (χ3v) is 6.80. The van der Waals surface area contributed by atoms with E-state index in [1.165, 1.54) is 5.56 Å². The number of nitrogens with one attached hydrogen (secondary N) is 1. The summed E-state index contributed by atoms with van der Waals surface area (Å²) < 4.78 is 0. The summed E-state index contributed by atoms with van der Waals surface area (Å²) in [7, 11) is 0. The van der Waals surface area contributed by atoms with Crippen LogP contribution >= 0.6 is 0 Å². The van der Waals surface area contributed by atoms with Gasteiger partial charge in [-0.25, -0.2) is 0 Å². The van der Waals surface area contributed by atoms with E-state index >= 15 is 0 Å². The molecule has 2 aliphatic rings. The van der Waals surface area contributed by atoms with Crippen molar-refractivity contribution in [1.82, 2.24) is 15.1 Å². The van der Waals surface area contributed by atoms with Gasteiger partial charge in [-0.3, -0.25) is 14.6 Å². The molecule has 0 radical (unpaired) electrons. The van der Waals surface area contributed by atoms with Gasteiger partial charge in [0.25, 0.3) is 5.91 Å². The molecule has 0 aromatic heterocycles.